The Labute approximate surface area is 159 Å². The summed E-state index contributed by atoms with van der Waals surface area (Å²) in [6.45, 7) is 8.48. The summed E-state index contributed by atoms with van der Waals surface area (Å²) in [5.41, 5.74) is 3.54. The smallest absolute Gasteiger partial charge is 0.300 e. The molecule has 2 aromatic carbocycles. The Morgan fingerprint density at radius 2 is 1.81 bits per heavy atom. The molecule has 4 rings (SSSR count). The van der Waals surface area contributed by atoms with Crippen molar-refractivity contribution in [2.45, 2.75) is 45.7 Å². The molecule has 2 heterocycles. The largest absolute Gasteiger partial charge is 0.361 e. The van der Waals surface area contributed by atoms with Crippen molar-refractivity contribution in [2.75, 3.05) is 5.32 Å². The fourth-order valence-electron chi connectivity index (χ4n) is 3.48. The van der Waals surface area contributed by atoms with Gasteiger partial charge in [-0.05, 0) is 37.0 Å². The standard InChI is InChI=1S/C22H24N4O/c1-5-22(4)24-18-9-7-6-8-17(18)20-23-21(27)19(25-26(20)22)16-12-10-15(11-13-16)14(2)3/h6-14,24H,5H2,1-4H3/t22-/m0/s1. The molecule has 1 aliphatic heterocycles. The fourth-order valence-corrected chi connectivity index (χ4v) is 3.48. The first-order valence-electron chi connectivity index (χ1n) is 9.42. The zero-order chi connectivity index (χ0) is 19.2. The van der Waals surface area contributed by atoms with Crippen LogP contribution in [0.25, 0.3) is 22.6 Å². The van der Waals surface area contributed by atoms with Gasteiger partial charge in [-0.2, -0.15) is 10.1 Å². The highest BCUT2D eigenvalue weighted by Gasteiger charge is 2.34. The Kier molecular flexibility index (Phi) is 4.10. The van der Waals surface area contributed by atoms with Gasteiger partial charge in [-0.3, -0.25) is 4.79 Å². The van der Waals surface area contributed by atoms with Crippen LogP contribution in [0, 0.1) is 0 Å². The first-order valence-corrected chi connectivity index (χ1v) is 9.42. The first-order chi connectivity index (χ1) is 12.9. The molecule has 27 heavy (non-hydrogen) atoms. The predicted octanol–water partition coefficient (Wildman–Crippen LogP) is 4.60. The van der Waals surface area contributed by atoms with Gasteiger partial charge in [0.25, 0.3) is 5.56 Å². The number of aromatic nitrogens is 3. The van der Waals surface area contributed by atoms with Crippen molar-refractivity contribution in [3.63, 3.8) is 0 Å². The van der Waals surface area contributed by atoms with Crippen LogP contribution in [0.3, 0.4) is 0 Å². The fraction of sp³-hybridized carbons (Fsp3) is 0.318. The van der Waals surface area contributed by atoms with Crippen LogP contribution >= 0.6 is 0 Å². The van der Waals surface area contributed by atoms with E-state index in [2.05, 4.69) is 50.1 Å². The zero-order valence-corrected chi connectivity index (χ0v) is 16.2. The summed E-state index contributed by atoms with van der Waals surface area (Å²) in [4.78, 5) is 17.2. The highest BCUT2D eigenvalue weighted by molar-refractivity contribution is 5.76. The Morgan fingerprint density at radius 3 is 2.48 bits per heavy atom. The van der Waals surface area contributed by atoms with Crippen molar-refractivity contribution >= 4 is 5.69 Å². The summed E-state index contributed by atoms with van der Waals surface area (Å²) in [5, 5.41) is 8.32. The highest BCUT2D eigenvalue weighted by Crippen LogP contribution is 2.37. The van der Waals surface area contributed by atoms with E-state index in [4.69, 9.17) is 5.10 Å². The third-order valence-corrected chi connectivity index (χ3v) is 5.39. The Morgan fingerprint density at radius 1 is 1.11 bits per heavy atom. The highest BCUT2D eigenvalue weighted by atomic mass is 16.1. The van der Waals surface area contributed by atoms with Crippen LogP contribution in [-0.2, 0) is 5.66 Å². The molecule has 0 amide bonds. The van der Waals surface area contributed by atoms with Crippen molar-refractivity contribution in [3.05, 3.63) is 64.4 Å². The van der Waals surface area contributed by atoms with Crippen molar-refractivity contribution in [3.8, 4) is 22.6 Å². The second-order valence-electron chi connectivity index (χ2n) is 7.58. The van der Waals surface area contributed by atoms with E-state index in [0.29, 0.717) is 17.4 Å². The molecule has 0 bridgehead atoms. The Hall–Kier alpha value is -2.95. The van der Waals surface area contributed by atoms with Crippen LogP contribution in [0.1, 0.15) is 45.6 Å². The average molecular weight is 360 g/mol. The second-order valence-corrected chi connectivity index (χ2v) is 7.58. The molecule has 0 unspecified atom stereocenters. The number of para-hydroxylation sites is 1. The number of nitrogens with zero attached hydrogens (tertiary/aromatic N) is 3. The molecule has 3 aromatic rings. The lowest BCUT2D eigenvalue weighted by Gasteiger charge is -2.38. The van der Waals surface area contributed by atoms with Gasteiger partial charge in [0.05, 0.1) is 0 Å². The molecule has 0 fully saturated rings. The van der Waals surface area contributed by atoms with Gasteiger partial charge >= 0.3 is 0 Å². The minimum atomic E-state index is -0.447. The number of rotatable bonds is 3. The second kappa shape index (κ2) is 6.34. The third kappa shape index (κ3) is 2.83. The van der Waals surface area contributed by atoms with E-state index in [-0.39, 0.29) is 5.56 Å². The van der Waals surface area contributed by atoms with E-state index in [1.54, 1.807) is 0 Å². The number of benzene rings is 2. The van der Waals surface area contributed by atoms with Crippen molar-refractivity contribution in [1.29, 1.82) is 0 Å². The van der Waals surface area contributed by atoms with Gasteiger partial charge in [-0.25, -0.2) is 4.68 Å². The molecule has 1 aromatic heterocycles. The van der Waals surface area contributed by atoms with E-state index >= 15 is 0 Å². The van der Waals surface area contributed by atoms with Crippen LogP contribution in [-0.4, -0.2) is 14.8 Å². The number of anilines is 1. The van der Waals surface area contributed by atoms with E-state index in [0.717, 1.165) is 23.2 Å². The quantitative estimate of drug-likeness (QED) is 0.741. The Balaban J connectivity index is 1.91. The summed E-state index contributed by atoms with van der Waals surface area (Å²) in [7, 11) is 0. The van der Waals surface area contributed by atoms with Crippen molar-refractivity contribution in [1.82, 2.24) is 14.8 Å². The topological polar surface area (TPSA) is 59.8 Å². The molecule has 0 saturated heterocycles. The van der Waals surface area contributed by atoms with Gasteiger partial charge in [0.15, 0.2) is 11.5 Å². The summed E-state index contributed by atoms with van der Waals surface area (Å²) >= 11 is 0. The molecule has 1 aliphatic rings. The van der Waals surface area contributed by atoms with Gasteiger partial charge in [-0.15, -0.1) is 0 Å². The van der Waals surface area contributed by atoms with Crippen molar-refractivity contribution < 1.29 is 0 Å². The summed E-state index contributed by atoms with van der Waals surface area (Å²) in [6.07, 6.45) is 0.803. The van der Waals surface area contributed by atoms with E-state index in [9.17, 15) is 4.79 Å². The van der Waals surface area contributed by atoms with Crippen LogP contribution in [0.5, 0.6) is 0 Å². The summed E-state index contributed by atoms with van der Waals surface area (Å²) in [6, 6.07) is 15.9. The molecule has 0 saturated carbocycles. The molecule has 0 radical (unpaired) electrons. The Bertz CT molecular complexity index is 1050. The molecule has 5 nitrogen and oxygen atoms in total. The molecule has 5 heteroatoms. The molecule has 0 aliphatic carbocycles. The van der Waals surface area contributed by atoms with Gasteiger partial charge < -0.3 is 5.32 Å². The van der Waals surface area contributed by atoms with Gasteiger partial charge in [0.2, 0.25) is 0 Å². The predicted molar refractivity (Wildman–Crippen MR) is 109 cm³/mol. The van der Waals surface area contributed by atoms with E-state index in [1.807, 2.05) is 41.1 Å². The maximum Gasteiger partial charge on any atom is 0.300 e. The molecule has 0 spiro atoms. The van der Waals surface area contributed by atoms with E-state index < -0.39 is 5.66 Å². The van der Waals surface area contributed by atoms with Crippen LogP contribution in [0.2, 0.25) is 0 Å². The molecular formula is C22H24N4O. The summed E-state index contributed by atoms with van der Waals surface area (Å²) in [5.74, 6) is 1.06. The minimum absolute atomic E-state index is 0.297. The van der Waals surface area contributed by atoms with Crippen LogP contribution < -0.4 is 10.9 Å². The van der Waals surface area contributed by atoms with Crippen LogP contribution in [0.4, 0.5) is 5.69 Å². The van der Waals surface area contributed by atoms with Gasteiger partial charge in [0, 0.05) is 16.8 Å². The SMILES string of the molecule is CC[C@@]1(C)Nc2ccccc2-c2nc(=O)c(-c3ccc(C(C)C)cc3)nn21. The first kappa shape index (κ1) is 17.5. The normalized spacial score (nSPS) is 18.0. The summed E-state index contributed by atoms with van der Waals surface area (Å²) < 4.78 is 1.86. The van der Waals surface area contributed by atoms with Crippen LogP contribution in [0.15, 0.2) is 53.3 Å². The number of nitrogens with one attached hydrogen (secondary N) is 1. The average Bonchev–Trinajstić information content (AvgIpc) is 2.68. The van der Waals surface area contributed by atoms with E-state index in [1.165, 1.54) is 5.56 Å². The third-order valence-electron chi connectivity index (χ3n) is 5.39. The maximum atomic E-state index is 12.8. The monoisotopic (exact) mass is 360 g/mol. The number of hydrogen-bond acceptors (Lipinski definition) is 4. The van der Waals surface area contributed by atoms with Crippen molar-refractivity contribution in [2.24, 2.45) is 0 Å². The minimum Gasteiger partial charge on any atom is -0.361 e. The van der Waals surface area contributed by atoms with Gasteiger partial charge in [0.1, 0.15) is 5.66 Å². The molecule has 138 valence electrons. The van der Waals surface area contributed by atoms with Gasteiger partial charge in [-0.1, -0.05) is 57.2 Å². The lowest BCUT2D eigenvalue weighted by Crippen LogP contribution is -2.44. The zero-order valence-electron chi connectivity index (χ0n) is 16.2. The number of hydrogen-bond donors (Lipinski definition) is 1. The lowest BCUT2D eigenvalue weighted by molar-refractivity contribution is 0.312. The maximum absolute atomic E-state index is 12.8. The molecule has 1 atom stereocenters. The number of fused-ring (bicyclic) bond motifs is 3. The molecule has 1 N–H and O–H groups in total. The molecular weight excluding hydrogens is 336 g/mol. The lowest BCUT2D eigenvalue weighted by atomic mass is 10.0.